The molecule has 1 aromatic carbocycles. The van der Waals surface area contributed by atoms with E-state index in [2.05, 4.69) is 22.0 Å². The van der Waals surface area contributed by atoms with Gasteiger partial charge in [-0.1, -0.05) is 17.7 Å². The van der Waals surface area contributed by atoms with Crippen molar-refractivity contribution in [1.82, 2.24) is 10.6 Å². The molecule has 3 N–H and O–H groups in total. The van der Waals surface area contributed by atoms with Gasteiger partial charge in [0.1, 0.15) is 5.75 Å². The molecular formula is C19H25N3O3. The largest absolute Gasteiger partial charge is 0.482 e. The average Bonchev–Trinajstić information content (AvgIpc) is 2.62. The Hall–Kier alpha value is -2.50. The molecule has 0 bridgehead atoms. The number of carbonyl (C=O) groups is 2. The summed E-state index contributed by atoms with van der Waals surface area (Å²) in [5.74, 6) is 0.487. The summed E-state index contributed by atoms with van der Waals surface area (Å²) in [5.41, 5.74) is 3.01. The lowest BCUT2D eigenvalue weighted by molar-refractivity contribution is -0.118. The first kappa shape index (κ1) is 17.3. The number of urea groups is 1. The molecule has 3 rings (SSSR count). The highest BCUT2D eigenvalue weighted by Gasteiger charge is 2.18. The highest BCUT2D eigenvalue weighted by molar-refractivity contribution is 5.95. The van der Waals surface area contributed by atoms with Crippen LogP contribution in [0.4, 0.5) is 10.5 Å². The van der Waals surface area contributed by atoms with Crippen LogP contribution in [0, 0.1) is 0 Å². The fourth-order valence-electron chi connectivity index (χ4n) is 3.17. The third-order valence-electron chi connectivity index (χ3n) is 4.60. The highest BCUT2D eigenvalue weighted by Crippen LogP contribution is 2.30. The molecule has 0 fully saturated rings. The van der Waals surface area contributed by atoms with E-state index in [-0.39, 0.29) is 24.6 Å². The maximum Gasteiger partial charge on any atom is 0.315 e. The first-order valence-electron chi connectivity index (χ1n) is 8.90. The molecule has 25 heavy (non-hydrogen) atoms. The Balaban J connectivity index is 1.48. The molecular weight excluding hydrogens is 318 g/mol. The van der Waals surface area contributed by atoms with Crippen molar-refractivity contribution in [1.29, 1.82) is 0 Å². The summed E-state index contributed by atoms with van der Waals surface area (Å²) in [5, 5.41) is 8.62. The second-order valence-electron chi connectivity index (χ2n) is 6.57. The molecule has 0 saturated carbocycles. The number of hydrogen-bond acceptors (Lipinski definition) is 3. The fourth-order valence-corrected chi connectivity index (χ4v) is 3.17. The van der Waals surface area contributed by atoms with Gasteiger partial charge < -0.3 is 20.7 Å². The quantitative estimate of drug-likeness (QED) is 0.718. The summed E-state index contributed by atoms with van der Waals surface area (Å²) in [6.45, 7) is 2.61. The highest BCUT2D eigenvalue weighted by atomic mass is 16.5. The van der Waals surface area contributed by atoms with E-state index in [1.807, 2.05) is 25.1 Å². The smallest absolute Gasteiger partial charge is 0.315 e. The molecule has 0 spiro atoms. The van der Waals surface area contributed by atoms with Crippen LogP contribution < -0.4 is 20.7 Å². The van der Waals surface area contributed by atoms with Crippen LogP contribution in [-0.2, 0) is 4.79 Å². The van der Waals surface area contributed by atoms with E-state index in [0.717, 1.165) is 24.8 Å². The number of nitrogens with one attached hydrogen (secondary N) is 3. The molecule has 6 nitrogen and oxygen atoms in total. The maximum atomic E-state index is 12.1. The number of fused-ring (bicyclic) bond motifs is 1. The molecule has 2 aliphatic rings. The Morgan fingerprint density at radius 2 is 2.24 bits per heavy atom. The third kappa shape index (κ3) is 4.75. The summed E-state index contributed by atoms with van der Waals surface area (Å²) in [6, 6.07) is 5.20. The van der Waals surface area contributed by atoms with Crippen LogP contribution in [0.5, 0.6) is 5.75 Å². The molecule has 1 heterocycles. The molecule has 1 atom stereocenters. The van der Waals surface area contributed by atoms with Crippen molar-refractivity contribution in [3.8, 4) is 5.75 Å². The SMILES string of the molecule is C[C@H](NC(=O)NCCC1=CCCCC1)c1ccc2c(c1)NC(=O)CO2. The number of allylic oxidation sites excluding steroid dienone is 1. The topological polar surface area (TPSA) is 79.5 Å². The van der Waals surface area contributed by atoms with Gasteiger partial charge in [0.15, 0.2) is 6.61 Å². The zero-order valence-corrected chi connectivity index (χ0v) is 14.6. The standard InChI is InChI=1S/C19H25N3O3/c1-13(15-7-8-17-16(11-15)22-18(23)12-25-17)21-19(24)20-10-9-14-5-3-2-4-6-14/h5,7-8,11,13H,2-4,6,9-10,12H2,1H3,(H,22,23)(H2,20,21,24)/t13-/m0/s1. The van der Waals surface area contributed by atoms with Crippen molar-refractivity contribution in [2.75, 3.05) is 18.5 Å². The summed E-state index contributed by atoms with van der Waals surface area (Å²) in [4.78, 5) is 23.5. The van der Waals surface area contributed by atoms with E-state index in [4.69, 9.17) is 4.74 Å². The predicted octanol–water partition coefficient (Wildman–Crippen LogP) is 3.27. The van der Waals surface area contributed by atoms with Crippen molar-refractivity contribution in [2.45, 2.75) is 45.1 Å². The molecule has 3 amide bonds. The first-order valence-corrected chi connectivity index (χ1v) is 8.90. The van der Waals surface area contributed by atoms with Gasteiger partial charge in [-0.15, -0.1) is 0 Å². The van der Waals surface area contributed by atoms with Gasteiger partial charge in [0.2, 0.25) is 0 Å². The van der Waals surface area contributed by atoms with Gasteiger partial charge in [-0.25, -0.2) is 4.79 Å². The van der Waals surface area contributed by atoms with Crippen molar-refractivity contribution < 1.29 is 14.3 Å². The number of hydrogen-bond donors (Lipinski definition) is 3. The minimum atomic E-state index is -0.179. The van der Waals surface area contributed by atoms with Crippen LogP contribution in [0.2, 0.25) is 0 Å². The zero-order chi connectivity index (χ0) is 17.6. The van der Waals surface area contributed by atoms with Crippen LogP contribution >= 0.6 is 0 Å². The number of benzene rings is 1. The monoisotopic (exact) mass is 343 g/mol. The van der Waals surface area contributed by atoms with Crippen molar-refractivity contribution in [3.05, 3.63) is 35.4 Å². The van der Waals surface area contributed by atoms with Gasteiger partial charge in [-0.05, 0) is 56.7 Å². The van der Waals surface area contributed by atoms with E-state index in [1.165, 1.54) is 18.4 Å². The van der Waals surface area contributed by atoms with Crippen LogP contribution in [0.1, 0.15) is 50.6 Å². The molecule has 6 heteroatoms. The predicted molar refractivity (Wildman–Crippen MR) is 96.7 cm³/mol. The Morgan fingerprint density at radius 1 is 1.36 bits per heavy atom. The molecule has 0 radical (unpaired) electrons. The summed E-state index contributed by atoms with van der Waals surface area (Å²) in [7, 11) is 0. The van der Waals surface area contributed by atoms with E-state index in [1.54, 1.807) is 0 Å². The third-order valence-corrected chi connectivity index (χ3v) is 4.60. The zero-order valence-electron chi connectivity index (χ0n) is 14.6. The second kappa shape index (κ2) is 8.05. The number of amides is 3. The Morgan fingerprint density at radius 3 is 3.04 bits per heavy atom. The van der Waals surface area contributed by atoms with Gasteiger partial charge in [0, 0.05) is 6.54 Å². The van der Waals surface area contributed by atoms with E-state index in [9.17, 15) is 9.59 Å². The van der Waals surface area contributed by atoms with E-state index < -0.39 is 0 Å². The van der Waals surface area contributed by atoms with Crippen LogP contribution in [0.3, 0.4) is 0 Å². The molecule has 0 aromatic heterocycles. The molecule has 1 aromatic rings. The normalized spacial score (nSPS) is 17.5. The fraction of sp³-hybridized carbons (Fsp3) is 0.474. The lowest BCUT2D eigenvalue weighted by Gasteiger charge is -2.21. The van der Waals surface area contributed by atoms with Crippen molar-refractivity contribution in [3.63, 3.8) is 0 Å². The van der Waals surface area contributed by atoms with Crippen LogP contribution in [-0.4, -0.2) is 25.1 Å². The minimum absolute atomic E-state index is 0.0407. The molecule has 1 aliphatic carbocycles. The van der Waals surface area contributed by atoms with Gasteiger partial charge in [0.25, 0.3) is 5.91 Å². The van der Waals surface area contributed by atoms with Crippen molar-refractivity contribution in [2.24, 2.45) is 0 Å². The number of ether oxygens (including phenoxy) is 1. The van der Waals surface area contributed by atoms with Gasteiger partial charge in [0.05, 0.1) is 11.7 Å². The number of carbonyl (C=O) groups excluding carboxylic acids is 2. The van der Waals surface area contributed by atoms with Crippen molar-refractivity contribution >= 4 is 17.6 Å². The average molecular weight is 343 g/mol. The minimum Gasteiger partial charge on any atom is -0.482 e. The number of anilines is 1. The lowest BCUT2D eigenvalue weighted by Crippen LogP contribution is -2.37. The van der Waals surface area contributed by atoms with Gasteiger partial charge in [-0.2, -0.15) is 0 Å². The lowest BCUT2D eigenvalue weighted by atomic mass is 9.97. The molecule has 0 saturated heterocycles. The summed E-state index contributed by atoms with van der Waals surface area (Å²) in [6.07, 6.45) is 8.08. The Bertz CT molecular complexity index is 684. The van der Waals surface area contributed by atoms with E-state index >= 15 is 0 Å². The summed E-state index contributed by atoms with van der Waals surface area (Å²) >= 11 is 0. The molecule has 1 aliphatic heterocycles. The van der Waals surface area contributed by atoms with Gasteiger partial charge >= 0.3 is 6.03 Å². The Kier molecular flexibility index (Phi) is 5.58. The molecule has 0 unspecified atom stereocenters. The van der Waals surface area contributed by atoms with Crippen LogP contribution in [0.25, 0.3) is 0 Å². The first-order chi connectivity index (χ1) is 12.1. The number of rotatable bonds is 5. The van der Waals surface area contributed by atoms with Crippen LogP contribution in [0.15, 0.2) is 29.8 Å². The van der Waals surface area contributed by atoms with E-state index in [0.29, 0.717) is 18.0 Å². The summed E-state index contributed by atoms with van der Waals surface area (Å²) < 4.78 is 5.35. The molecule has 134 valence electrons. The second-order valence-corrected chi connectivity index (χ2v) is 6.57. The Labute approximate surface area is 148 Å². The van der Waals surface area contributed by atoms with Gasteiger partial charge in [-0.3, -0.25) is 4.79 Å². The maximum absolute atomic E-state index is 12.1.